The van der Waals surface area contributed by atoms with Crippen LogP contribution in [0.25, 0.3) is 0 Å². The smallest absolute Gasteiger partial charge is 0.252 e. The third kappa shape index (κ3) is 5.84. The predicted molar refractivity (Wildman–Crippen MR) is 15.4 cm³/mol. The fraction of sp³-hybridized carbons (Fsp3) is 0.333. The second-order valence-electron chi connectivity index (χ2n) is 0.761. The van der Waals surface area contributed by atoms with Crippen molar-refractivity contribution in [3.63, 3.8) is 0 Å². The molecule has 0 aromatic heterocycles. The predicted octanol–water partition coefficient (Wildman–Crippen LogP) is -1.72. The van der Waals surface area contributed by atoms with Crippen LogP contribution >= 0.6 is 0 Å². The van der Waals surface area contributed by atoms with Crippen molar-refractivity contribution in [3.8, 4) is 0 Å². The highest BCUT2D eigenvalue weighted by Crippen LogP contribution is 1.87. The molecule has 0 atom stereocenters. The summed E-state index contributed by atoms with van der Waals surface area (Å²) >= 11 is 0. The Balaban J connectivity index is 2.45. The molecule has 0 aliphatic rings. The van der Waals surface area contributed by atoms with Crippen molar-refractivity contribution in [1.82, 2.24) is 0 Å². The number of hydrogen-bond donors (Lipinski definition) is 0. The maximum Gasteiger partial charge on any atom is -0.252 e. The zero-order chi connectivity index (χ0) is 5.54. The van der Waals surface area contributed by atoms with Gasteiger partial charge in [-0.2, -0.15) is 0 Å². The minimum atomic E-state index is 0.118. The van der Waals surface area contributed by atoms with Crippen LogP contribution in [0.5, 0.6) is 0 Å². The molecule has 0 saturated heterocycles. The molecule has 44 valence electrons. The molecule has 0 fully saturated rings. The van der Waals surface area contributed by atoms with E-state index in [4.69, 9.17) is 10.5 Å². The summed E-state index contributed by atoms with van der Waals surface area (Å²) in [4.78, 5) is 6.44. The monoisotopic (exact) mass is 104 g/mol. The Morgan fingerprint density at radius 2 is 1.57 bits per heavy atom. The van der Waals surface area contributed by atoms with Crippen LogP contribution in [0.15, 0.2) is 0 Å². The third-order valence-corrected chi connectivity index (χ3v) is 0.329. The van der Waals surface area contributed by atoms with E-state index in [1.807, 2.05) is 0 Å². The molecule has 0 amide bonds. The second-order valence-corrected chi connectivity index (χ2v) is 0.761. The summed E-state index contributed by atoms with van der Waals surface area (Å²) in [7, 11) is 0. The van der Waals surface area contributed by atoms with Crippen LogP contribution in [0, 0.1) is 13.2 Å². The molecule has 0 aliphatic carbocycles. The first kappa shape index (κ1) is 6.84. The highest BCUT2D eigenvalue weighted by Gasteiger charge is 1.49. The summed E-state index contributed by atoms with van der Waals surface area (Å²) in [6, 6.07) is 0. The zero-order valence-corrected chi connectivity index (χ0v) is 3.49. The van der Waals surface area contributed by atoms with E-state index in [1.165, 1.54) is 0 Å². The average Bonchev–Trinajstić information content (AvgIpc) is 1.69. The molecule has 0 aromatic rings. The van der Waals surface area contributed by atoms with Crippen LogP contribution in [0.4, 0.5) is 0 Å². The van der Waals surface area contributed by atoms with Crippen LogP contribution in [-0.4, -0.2) is 0 Å². The topological polar surface area (TPSA) is 64.6 Å². The van der Waals surface area contributed by atoms with E-state index in [1.54, 1.807) is 0 Å². The molecule has 0 bridgehead atoms. The normalized spacial score (nSPS) is 9.43. The Bertz CT molecular complexity index is 26.1. The first-order valence-corrected chi connectivity index (χ1v) is 1.62. The lowest BCUT2D eigenvalue weighted by Gasteiger charge is -2.27. The molecule has 0 heterocycles. The first-order chi connectivity index (χ1) is 3.41. The quantitative estimate of drug-likeness (QED) is 0.184. The lowest BCUT2D eigenvalue weighted by molar-refractivity contribution is -0.682. The van der Waals surface area contributed by atoms with Crippen molar-refractivity contribution in [3.05, 3.63) is 13.2 Å². The molecule has 0 spiro atoms. The largest absolute Gasteiger partial charge is 0.759 e. The molecular weight excluding hydrogens is 100 g/mol. The minimum absolute atomic E-state index is 0.118. The number of hydrogen-bond acceptors (Lipinski definition) is 4. The summed E-state index contributed by atoms with van der Waals surface area (Å²) in [6.07, 6.45) is 0.118. The molecule has 0 rings (SSSR count). The van der Waals surface area contributed by atoms with E-state index >= 15 is 0 Å². The molecular formula is C3H4O4-4. The van der Waals surface area contributed by atoms with Crippen LogP contribution in [0.3, 0.4) is 0 Å². The third-order valence-electron chi connectivity index (χ3n) is 0.329. The van der Waals surface area contributed by atoms with Gasteiger partial charge in [0.1, 0.15) is 0 Å². The Morgan fingerprint density at radius 1 is 1.14 bits per heavy atom. The van der Waals surface area contributed by atoms with E-state index in [0.717, 1.165) is 13.2 Å². The van der Waals surface area contributed by atoms with Crippen molar-refractivity contribution in [2.24, 2.45) is 0 Å². The molecule has 0 saturated carbocycles. The standard InChI is InChI=1S/C3H6O4/c4-6-2-1-3-7-5/h2-5H,1H2/q-2/p-2. The zero-order valence-electron chi connectivity index (χ0n) is 3.49. The van der Waals surface area contributed by atoms with Crippen LogP contribution in [0.2, 0.25) is 0 Å². The SMILES string of the molecule is [O-]O[CH-]C[CH-]O[O-]. The van der Waals surface area contributed by atoms with E-state index in [9.17, 15) is 0 Å². The van der Waals surface area contributed by atoms with Crippen molar-refractivity contribution < 1.29 is 20.3 Å². The van der Waals surface area contributed by atoms with Gasteiger partial charge < -0.3 is 20.3 Å². The Morgan fingerprint density at radius 3 is 1.86 bits per heavy atom. The van der Waals surface area contributed by atoms with Crippen LogP contribution in [0.1, 0.15) is 6.42 Å². The lowest BCUT2D eigenvalue weighted by Crippen LogP contribution is -2.05. The summed E-state index contributed by atoms with van der Waals surface area (Å²) in [5.41, 5.74) is 0. The summed E-state index contributed by atoms with van der Waals surface area (Å²) in [6.45, 7) is 1.80. The molecule has 0 N–H and O–H groups in total. The van der Waals surface area contributed by atoms with Crippen molar-refractivity contribution in [2.75, 3.05) is 0 Å². The molecule has 0 aliphatic heterocycles. The average molecular weight is 104 g/mol. The van der Waals surface area contributed by atoms with Gasteiger partial charge in [-0.25, -0.2) is 0 Å². The molecule has 4 nitrogen and oxygen atoms in total. The molecule has 0 radical (unpaired) electrons. The van der Waals surface area contributed by atoms with Gasteiger partial charge in [0.2, 0.25) is 0 Å². The molecule has 7 heavy (non-hydrogen) atoms. The fourth-order valence-corrected chi connectivity index (χ4v) is 0.118. The Kier molecular flexibility index (Phi) is 5.71. The van der Waals surface area contributed by atoms with Crippen LogP contribution in [-0.2, 0) is 9.78 Å². The van der Waals surface area contributed by atoms with E-state index in [2.05, 4.69) is 9.78 Å². The van der Waals surface area contributed by atoms with Crippen LogP contribution < -0.4 is 10.5 Å². The lowest BCUT2D eigenvalue weighted by atomic mass is 10.5. The van der Waals surface area contributed by atoms with Crippen molar-refractivity contribution in [1.29, 1.82) is 0 Å². The number of rotatable bonds is 4. The first-order valence-electron chi connectivity index (χ1n) is 1.62. The van der Waals surface area contributed by atoms with E-state index < -0.39 is 0 Å². The fourth-order valence-electron chi connectivity index (χ4n) is 0.118. The van der Waals surface area contributed by atoms with Gasteiger partial charge >= 0.3 is 0 Å². The van der Waals surface area contributed by atoms with Gasteiger partial charge in [-0.1, -0.05) is 0 Å². The van der Waals surface area contributed by atoms with Gasteiger partial charge in [0.15, 0.2) is 0 Å². The van der Waals surface area contributed by atoms with Gasteiger partial charge in [0.05, 0.1) is 0 Å². The van der Waals surface area contributed by atoms with Crippen molar-refractivity contribution >= 4 is 0 Å². The van der Waals surface area contributed by atoms with E-state index in [-0.39, 0.29) is 6.42 Å². The molecule has 0 aromatic carbocycles. The van der Waals surface area contributed by atoms with Crippen molar-refractivity contribution in [2.45, 2.75) is 6.42 Å². The van der Waals surface area contributed by atoms with Gasteiger partial charge in [0, 0.05) is 0 Å². The minimum Gasteiger partial charge on any atom is -0.759 e. The second kappa shape index (κ2) is 5.84. The highest BCUT2D eigenvalue weighted by molar-refractivity contribution is 4.54. The van der Waals surface area contributed by atoms with E-state index in [0.29, 0.717) is 0 Å². The maximum absolute atomic E-state index is 9.07. The Labute approximate surface area is 41.1 Å². The molecule has 4 heteroatoms. The van der Waals surface area contributed by atoms with Gasteiger partial charge in [-0.15, -0.1) is 0 Å². The van der Waals surface area contributed by atoms with Gasteiger partial charge in [-0.3, -0.25) is 19.6 Å². The Hall–Kier alpha value is -0.160. The highest BCUT2D eigenvalue weighted by atomic mass is 17.1. The van der Waals surface area contributed by atoms with Gasteiger partial charge in [-0.05, 0) is 0 Å². The maximum atomic E-state index is 9.07. The molecule has 0 unspecified atom stereocenters. The van der Waals surface area contributed by atoms with Gasteiger partial charge in [0.25, 0.3) is 0 Å². The summed E-state index contributed by atoms with van der Waals surface area (Å²) < 4.78 is 0. The summed E-state index contributed by atoms with van der Waals surface area (Å²) in [5, 5.41) is 18.1. The summed E-state index contributed by atoms with van der Waals surface area (Å²) in [5.74, 6) is 0.